The first-order chi connectivity index (χ1) is 11.0. The van der Waals surface area contributed by atoms with E-state index >= 15 is 0 Å². The summed E-state index contributed by atoms with van der Waals surface area (Å²) < 4.78 is 64.7. The average molecular weight is 419 g/mol. The normalized spacial score (nSPS) is 12.2. The molecule has 0 aliphatic carbocycles. The lowest BCUT2D eigenvalue weighted by Gasteiger charge is -2.14. The maximum absolute atomic E-state index is 12.7. The second-order valence-corrected chi connectivity index (χ2v) is 7.70. The Morgan fingerprint density at radius 3 is 2.08 bits per heavy atom. The largest absolute Gasteiger partial charge is 0.416 e. The van der Waals surface area contributed by atoms with E-state index in [-0.39, 0.29) is 26.3 Å². The lowest BCUT2D eigenvalue weighted by molar-refractivity contribution is -0.137. The molecule has 0 fully saturated rings. The minimum atomic E-state index is -4.63. The summed E-state index contributed by atoms with van der Waals surface area (Å²) in [6.45, 7) is 0. The van der Waals surface area contributed by atoms with Crippen molar-refractivity contribution in [1.29, 1.82) is 0 Å². The molecular formula is C14H9Cl3F3NO2S. The Labute approximate surface area is 151 Å². The van der Waals surface area contributed by atoms with Gasteiger partial charge in [-0.25, -0.2) is 8.42 Å². The van der Waals surface area contributed by atoms with Crippen molar-refractivity contribution in [2.45, 2.75) is 11.9 Å². The monoisotopic (exact) mass is 417 g/mol. The summed E-state index contributed by atoms with van der Waals surface area (Å²) in [5, 5.41) is 0.0860. The fourth-order valence-electron chi connectivity index (χ4n) is 1.84. The van der Waals surface area contributed by atoms with Crippen LogP contribution in [0.5, 0.6) is 0 Å². The molecule has 0 saturated heterocycles. The van der Waals surface area contributed by atoms with Gasteiger partial charge in [-0.3, -0.25) is 4.72 Å². The average Bonchev–Trinajstić information content (AvgIpc) is 2.44. The van der Waals surface area contributed by atoms with Gasteiger partial charge < -0.3 is 0 Å². The molecule has 0 unspecified atom stereocenters. The Morgan fingerprint density at radius 2 is 1.54 bits per heavy atom. The summed E-state index contributed by atoms with van der Waals surface area (Å²) >= 11 is 17.6. The minimum Gasteiger partial charge on any atom is -0.282 e. The number of rotatable bonds is 4. The van der Waals surface area contributed by atoms with Gasteiger partial charge in [0.1, 0.15) is 0 Å². The van der Waals surface area contributed by atoms with E-state index in [1.807, 2.05) is 4.72 Å². The molecule has 0 saturated carbocycles. The van der Waals surface area contributed by atoms with Crippen molar-refractivity contribution in [3.05, 3.63) is 62.6 Å². The van der Waals surface area contributed by atoms with Crippen molar-refractivity contribution in [2.24, 2.45) is 0 Å². The Morgan fingerprint density at radius 1 is 0.958 bits per heavy atom. The van der Waals surface area contributed by atoms with Gasteiger partial charge in [0.25, 0.3) is 0 Å². The van der Waals surface area contributed by atoms with Gasteiger partial charge in [-0.2, -0.15) is 13.2 Å². The number of benzene rings is 2. The Kier molecular flexibility index (Phi) is 5.59. The van der Waals surface area contributed by atoms with Gasteiger partial charge in [0.05, 0.1) is 22.0 Å². The molecule has 0 aliphatic rings. The molecule has 10 heteroatoms. The van der Waals surface area contributed by atoms with Gasteiger partial charge >= 0.3 is 6.18 Å². The van der Waals surface area contributed by atoms with Gasteiger partial charge in [-0.05, 0) is 30.3 Å². The summed E-state index contributed by atoms with van der Waals surface area (Å²) in [5.41, 5.74) is -1.27. The lowest BCUT2D eigenvalue weighted by atomic mass is 10.2. The number of hydrogen-bond donors (Lipinski definition) is 1. The van der Waals surface area contributed by atoms with Crippen LogP contribution in [0, 0.1) is 0 Å². The van der Waals surface area contributed by atoms with E-state index in [2.05, 4.69) is 0 Å². The van der Waals surface area contributed by atoms with Gasteiger partial charge in [-0.15, -0.1) is 0 Å². The van der Waals surface area contributed by atoms with E-state index in [1.54, 1.807) is 0 Å². The van der Waals surface area contributed by atoms with E-state index in [0.29, 0.717) is 6.07 Å². The van der Waals surface area contributed by atoms with E-state index in [4.69, 9.17) is 34.8 Å². The number of anilines is 1. The first kappa shape index (κ1) is 19.2. The Hall–Kier alpha value is -1.15. The number of sulfonamides is 1. The smallest absolute Gasteiger partial charge is 0.282 e. The van der Waals surface area contributed by atoms with Gasteiger partial charge in [-0.1, -0.05) is 40.9 Å². The molecule has 0 bridgehead atoms. The zero-order valence-corrected chi connectivity index (χ0v) is 14.7. The van der Waals surface area contributed by atoms with Crippen LogP contribution in [-0.4, -0.2) is 8.42 Å². The van der Waals surface area contributed by atoms with Crippen LogP contribution >= 0.6 is 34.8 Å². The highest BCUT2D eigenvalue weighted by atomic mass is 35.5. The van der Waals surface area contributed by atoms with Crippen molar-refractivity contribution in [1.82, 2.24) is 0 Å². The van der Waals surface area contributed by atoms with Crippen LogP contribution in [-0.2, 0) is 22.0 Å². The summed E-state index contributed by atoms with van der Waals surface area (Å²) in [4.78, 5) is 0. The van der Waals surface area contributed by atoms with Crippen molar-refractivity contribution in [2.75, 3.05) is 4.72 Å². The first-order valence-corrected chi connectivity index (χ1v) is 9.08. The summed E-state index contributed by atoms with van der Waals surface area (Å²) in [5.74, 6) is -0.613. The fraction of sp³-hybridized carbons (Fsp3) is 0.143. The third kappa shape index (κ3) is 4.69. The zero-order chi connectivity index (χ0) is 18.1. The molecule has 2 rings (SSSR count). The standard InChI is InChI=1S/C14H9Cl3F3NO2S/c15-10-2-1-3-11(16)9(10)7-24(22,23)21-13-6-8(14(18,19)20)4-5-12(13)17/h1-6,21H,7H2. The summed E-state index contributed by atoms with van der Waals surface area (Å²) in [6.07, 6.45) is -4.63. The molecule has 130 valence electrons. The van der Waals surface area contributed by atoms with Crippen molar-refractivity contribution in [3.8, 4) is 0 Å². The topological polar surface area (TPSA) is 46.2 Å². The second kappa shape index (κ2) is 7.00. The van der Waals surface area contributed by atoms with Crippen LogP contribution in [0.3, 0.4) is 0 Å². The molecule has 3 nitrogen and oxygen atoms in total. The van der Waals surface area contributed by atoms with E-state index in [0.717, 1.165) is 12.1 Å². The second-order valence-electron chi connectivity index (χ2n) is 4.75. The van der Waals surface area contributed by atoms with Crippen LogP contribution in [0.4, 0.5) is 18.9 Å². The predicted molar refractivity (Wildman–Crippen MR) is 89.2 cm³/mol. The fourth-order valence-corrected chi connectivity index (χ4v) is 4.02. The van der Waals surface area contributed by atoms with Gasteiger partial charge in [0, 0.05) is 15.6 Å². The molecule has 0 amide bonds. The number of alkyl halides is 3. The predicted octanol–water partition coefficient (Wildman–Crippen LogP) is 5.61. The molecule has 0 radical (unpaired) electrons. The highest BCUT2D eigenvalue weighted by Crippen LogP contribution is 2.34. The van der Waals surface area contributed by atoms with Crippen LogP contribution in [0.2, 0.25) is 15.1 Å². The maximum atomic E-state index is 12.7. The zero-order valence-electron chi connectivity index (χ0n) is 11.7. The minimum absolute atomic E-state index is 0.128. The SMILES string of the molecule is O=S(=O)(Cc1c(Cl)cccc1Cl)Nc1cc(C(F)(F)F)ccc1Cl. The molecule has 24 heavy (non-hydrogen) atoms. The van der Waals surface area contributed by atoms with Gasteiger partial charge in [0.2, 0.25) is 10.0 Å². The molecule has 0 spiro atoms. The third-order valence-corrected chi connectivity index (χ3v) is 5.19. The molecular weight excluding hydrogens is 410 g/mol. The molecule has 0 aliphatic heterocycles. The lowest BCUT2D eigenvalue weighted by Crippen LogP contribution is -2.16. The number of halogens is 6. The number of hydrogen-bond acceptors (Lipinski definition) is 2. The van der Waals surface area contributed by atoms with Crippen LogP contribution in [0.15, 0.2) is 36.4 Å². The van der Waals surface area contributed by atoms with Crippen LogP contribution < -0.4 is 4.72 Å². The summed E-state index contributed by atoms with van der Waals surface area (Å²) in [6, 6.07) is 6.78. The Bertz CT molecular complexity index is 850. The van der Waals surface area contributed by atoms with Crippen molar-refractivity contribution >= 4 is 50.5 Å². The van der Waals surface area contributed by atoms with Crippen LogP contribution in [0.1, 0.15) is 11.1 Å². The van der Waals surface area contributed by atoms with E-state index in [9.17, 15) is 21.6 Å². The van der Waals surface area contributed by atoms with Gasteiger partial charge in [0.15, 0.2) is 0 Å². The molecule has 2 aromatic carbocycles. The summed E-state index contributed by atoms with van der Waals surface area (Å²) in [7, 11) is -4.09. The molecule has 1 N–H and O–H groups in total. The highest BCUT2D eigenvalue weighted by molar-refractivity contribution is 7.91. The molecule has 2 aromatic rings. The molecule has 0 atom stereocenters. The quantitative estimate of drug-likeness (QED) is 0.702. The van der Waals surface area contributed by atoms with Crippen LogP contribution in [0.25, 0.3) is 0 Å². The van der Waals surface area contributed by atoms with Crippen molar-refractivity contribution < 1.29 is 21.6 Å². The highest BCUT2D eigenvalue weighted by Gasteiger charge is 2.31. The van der Waals surface area contributed by atoms with E-state index < -0.39 is 27.5 Å². The number of nitrogens with one attached hydrogen (secondary N) is 1. The Balaban J connectivity index is 2.33. The first-order valence-electron chi connectivity index (χ1n) is 6.30. The van der Waals surface area contributed by atoms with Crippen molar-refractivity contribution in [3.63, 3.8) is 0 Å². The molecule has 0 aromatic heterocycles. The third-order valence-electron chi connectivity index (χ3n) is 2.96. The molecule has 0 heterocycles. The maximum Gasteiger partial charge on any atom is 0.416 e. The van der Waals surface area contributed by atoms with E-state index in [1.165, 1.54) is 18.2 Å².